The molecule has 1 aliphatic carbocycles. The molecule has 4 rings (SSSR count). The van der Waals surface area contributed by atoms with Crippen molar-refractivity contribution in [1.82, 2.24) is 9.55 Å². The third-order valence-corrected chi connectivity index (χ3v) is 4.65. The maximum Gasteiger partial charge on any atom is 0.120 e. The summed E-state index contributed by atoms with van der Waals surface area (Å²) in [6.45, 7) is 0. The Bertz CT molecular complexity index is 751. The molecule has 1 fully saturated rings. The van der Waals surface area contributed by atoms with E-state index >= 15 is 0 Å². The number of hydrogen-bond acceptors (Lipinski definition) is 1. The van der Waals surface area contributed by atoms with Gasteiger partial charge in [0.05, 0.1) is 16.4 Å². The van der Waals surface area contributed by atoms with E-state index in [1.807, 2.05) is 12.1 Å². The molecular formula is C18H17N2. The average Bonchev–Trinajstić information content (AvgIpc) is 2.78. The summed E-state index contributed by atoms with van der Waals surface area (Å²) in [4.78, 5) is 4.93. The molecule has 0 spiro atoms. The highest BCUT2D eigenvalue weighted by molar-refractivity contribution is 5.76. The molecule has 2 heteroatoms. The van der Waals surface area contributed by atoms with Crippen molar-refractivity contribution in [2.75, 3.05) is 0 Å². The molecular weight excluding hydrogens is 244 g/mol. The Morgan fingerprint density at radius 1 is 1.10 bits per heavy atom. The van der Waals surface area contributed by atoms with Crippen LogP contribution in [0.4, 0.5) is 0 Å². The van der Waals surface area contributed by atoms with Crippen LogP contribution in [0.5, 0.6) is 0 Å². The Kier molecular flexibility index (Phi) is 2.46. The Hall–Kier alpha value is -2.09. The molecule has 2 nitrogen and oxygen atoms in total. The smallest absolute Gasteiger partial charge is 0.120 e. The number of aromatic nitrogens is 2. The van der Waals surface area contributed by atoms with Crippen molar-refractivity contribution >= 4 is 11.0 Å². The van der Waals surface area contributed by atoms with Crippen LogP contribution in [0.25, 0.3) is 11.0 Å². The second kappa shape index (κ2) is 4.20. The van der Waals surface area contributed by atoms with Crippen LogP contribution >= 0.6 is 0 Å². The van der Waals surface area contributed by atoms with Crippen LogP contribution in [0.3, 0.4) is 0 Å². The summed E-state index contributed by atoms with van der Waals surface area (Å²) in [7, 11) is 2.13. The number of aryl methyl sites for hydroxylation is 1. The Morgan fingerprint density at radius 3 is 2.55 bits per heavy atom. The van der Waals surface area contributed by atoms with E-state index in [0.717, 1.165) is 5.52 Å². The van der Waals surface area contributed by atoms with Crippen molar-refractivity contribution in [3.8, 4) is 0 Å². The van der Waals surface area contributed by atoms with Crippen molar-refractivity contribution in [3.05, 3.63) is 66.0 Å². The molecule has 2 aromatic carbocycles. The topological polar surface area (TPSA) is 17.8 Å². The molecule has 99 valence electrons. The molecule has 0 aliphatic heterocycles. The first-order valence-corrected chi connectivity index (χ1v) is 7.20. The van der Waals surface area contributed by atoms with Crippen LogP contribution in [-0.2, 0) is 12.5 Å². The van der Waals surface area contributed by atoms with E-state index < -0.39 is 0 Å². The summed E-state index contributed by atoms with van der Waals surface area (Å²) in [5.74, 6) is 1.19. The molecule has 1 aromatic heterocycles. The van der Waals surface area contributed by atoms with Crippen molar-refractivity contribution in [2.45, 2.75) is 24.7 Å². The number of imidazole rings is 1. The van der Waals surface area contributed by atoms with Crippen LogP contribution < -0.4 is 0 Å². The Balaban J connectivity index is 1.95. The van der Waals surface area contributed by atoms with Crippen LogP contribution in [0, 0.1) is 6.07 Å². The lowest BCUT2D eigenvalue weighted by atomic mass is 9.64. The van der Waals surface area contributed by atoms with Gasteiger partial charge in [-0.3, -0.25) is 0 Å². The van der Waals surface area contributed by atoms with Gasteiger partial charge < -0.3 is 4.57 Å². The second-order valence-corrected chi connectivity index (χ2v) is 5.70. The normalized spacial score (nSPS) is 17.1. The van der Waals surface area contributed by atoms with Gasteiger partial charge in [-0.2, -0.15) is 0 Å². The first-order valence-electron chi connectivity index (χ1n) is 7.20. The molecule has 1 aliphatic rings. The summed E-state index contributed by atoms with van der Waals surface area (Å²) < 4.78 is 2.26. The van der Waals surface area contributed by atoms with Crippen LogP contribution in [0.2, 0.25) is 0 Å². The molecule has 0 atom stereocenters. The van der Waals surface area contributed by atoms with Gasteiger partial charge in [-0.05, 0) is 36.6 Å². The first kappa shape index (κ1) is 11.7. The summed E-state index contributed by atoms with van der Waals surface area (Å²) in [5, 5.41) is 0. The monoisotopic (exact) mass is 261 g/mol. The van der Waals surface area contributed by atoms with Gasteiger partial charge in [0.2, 0.25) is 0 Å². The predicted molar refractivity (Wildman–Crippen MR) is 80.6 cm³/mol. The lowest BCUT2D eigenvalue weighted by molar-refractivity contribution is 0.279. The second-order valence-electron chi connectivity index (χ2n) is 5.70. The number of para-hydroxylation sites is 2. The van der Waals surface area contributed by atoms with Crippen molar-refractivity contribution in [3.63, 3.8) is 0 Å². The third kappa shape index (κ3) is 1.48. The highest BCUT2D eigenvalue weighted by atomic mass is 15.1. The van der Waals surface area contributed by atoms with Gasteiger partial charge in [-0.1, -0.05) is 42.8 Å². The third-order valence-electron chi connectivity index (χ3n) is 4.65. The number of hydrogen-bond donors (Lipinski definition) is 0. The number of nitrogens with zero attached hydrogens (tertiary/aromatic N) is 2. The molecule has 0 amide bonds. The van der Waals surface area contributed by atoms with Crippen molar-refractivity contribution < 1.29 is 0 Å². The zero-order chi connectivity index (χ0) is 13.6. The standard InChI is InChI=1S/C18H17N2/c1-20-16-11-6-5-10-15(16)19-17(20)18(12-7-13-18)14-8-3-2-4-9-14/h2-6,8,10-11H,7,12-13H2,1H3. The maximum absolute atomic E-state index is 4.93. The largest absolute Gasteiger partial charge is 0.330 e. The number of fused-ring (bicyclic) bond motifs is 1. The molecule has 0 saturated heterocycles. The van der Waals surface area contributed by atoms with Crippen LogP contribution in [0.1, 0.15) is 30.7 Å². The van der Waals surface area contributed by atoms with Gasteiger partial charge in [0.15, 0.2) is 0 Å². The maximum atomic E-state index is 4.93. The minimum atomic E-state index is 0.0645. The van der Waals surface area contributed by atoms with E-state index in [4.69, 9.17) is 4.98 Å². The van der Waals surface area contributed by atoms with E-state index in [2.05, 4.69) is 54.1 Å². The van der Waals surface area contributed by atoms with Crippen molar-refractivity contribution in [2.24, 2.45) is 7.05 Å². The fourth-order valence-electron chi connectivity index (χ4n) is 3.41. The highest BCUT2D eigenvalue weighted by Crippen LogP contribution is 2.48. The minimum Gasteiger partial charge on any atom is -0.330 e. The average molecular weight is 261 g/mol. The van der Waals surface area contributed by atoms with Gasteiger partial charge in [-0.15, -0.1) is 0 Å². The zero-order valence-electron chi connectivity index (χ0n) is 11.6. The van der Waals surface area contributed by atoms with E-state index in [1.165, 1.54) is 36.2 Å². The van der Waals surface area contributed by atoms with E-state index in [0.29, 0.717) is 0 Å². The van der Waals surface area contributed by atoms with Gasteiger partial charge in [0.1, 0.15) is 5.82 Å². The molecule has 1 heterocycles. The molecule has 0 unspecified atom stereocenters. The number of rotatable bonds is 2. The Labute approximate surface area is 119 Å². The molecule has 0 bridgehead atoms. The summed E-state index contributed by atoms with van der Waals surface area (Å²) in [6.07, 6.45) is 3.61. The SMILES string of the molecule is Cn1c(C2(c3[c]cccc3)CCC2)nc2ccccc21. The fraction of sp³-hybridized carbons (Fsp3) is 0.278. The lowest BCUT2D eigenvalue weighted by Crippen LogP contribution is -2.38. The van der Waals surface area contributed by atoms with Gasteiger partial charge in [0.25, 0.3) is 0 Å². The Morgan fingerprint density at radius 2 is 1.90 bits per heavy atom. The molecule has 0 N–H and O–H groups in total. The fourth-order valence-corrected chi connectivity index (χ4v) is 3.41. The molecule has 1 radical (unpaired) electrons. The highest BCUT2D eigenvalue weighted by Gasteiger charge is 2.43. The predicted octanol–water partition coefficient (Wildman–Crippen LogP) is 3.84. The van der Waals surface area contributed by atoms with Gasteiger partial charge in [-0.25, -0.2) is 4.98 Å². The molecule has 3 aromatic rings. The van der Waals surface area contributed by atoms with Crippen molar-refractivity contribution in [1.29, 1.82) is 0 Å². The minimum absolute atomic E-state index is 0.0645. The van der Waals surface area contributed by atoms with Crippen LogP contribution in [0.15, 0.2) is 48.5 Å². The first-order chi connectivity index (χ1) is 9.81. The molecule has 20 heavy (non-hydrogen) atoms. The quantitative estimate of drug-likeness (QED) is 0.685. The summed E-state index contributed by atoms with van der Waals surface area (Å²) in [6, 6.07) is 20.1. The number of benzene rings is 2. The van der Waals surface area contributed by atoms with E-state index in [-0.39, 0.29) is 5.41 Å². The van der Waals surface area contributed by atoms with Gasteiger partial charge in [0, 0.05) is 7.05 Å². The van der Waals surface area contributed by atoms with Crippen LogP contribution in [-0.4, -0.2) is 9.55 Å². The summed E-state index contributed by atoms with van der Waals surface area (Å²) in [5.41, 5.74) is 3.65. The zero-order valence-corrected chi connectivity index (χ0v) is 11.6. The van der Waals surface area contributed by atoms with E-state index in [1.54, 1.807) is 0 Å². The molecule has 1 saturated carbocycles. The summed E-state index contributed by atoms with van der Waals surface area (Å²) >= 11 is 0. The van der Waals surface area contributed by atoms with E-state index in [9.17, 15) is 0 Å². The van der Waals surface area contributed by atoms with Gasteiger partial charge >= 0.3 is 0 Å². The lowest BCUT2D eigenvalue weighted by Gasteiger charge is -2.41.